The van der Waals surface area contributed by atoms with E-state index in [0.29, 0.717) is 17.7 Å². The normalized spacial score (nSPS) is 15.8. The van der Waals surface area contributed by atoms with E-state index in [4.69, 9.17) is 5.73 Å². The first-order valence-corrected chi connectivity index (χ1v) is 7.92. The number of aliphatic carboxylic acids is 1. The molecule has 0 saturated carbocycles. The Bertz CT molecular complexity index is 461. The molecule has 0 radical (unpaired) electrons. The van der Waals surface area contributed by atoms with Gasteiger partial charge in [-0.1, -0.05) is 44.9 Å². The minimum absolute atomic E-state index is 0.142. The molecular formula is C18H29NO3. The van der Waals surface area contributed by atoms with Gasteiger partial charge in [0.25, 0.3) is 0 Å². The van der Waals surface area contributed by atoms with Gasteiger partial charge in [0.15, 0.2) is 0 Å². The van der Waals surface area contributed by atoms with Crippen molar-refractivity contribution in [2.24, 2.45) is 17.6 Å². The molecule has 0 aliphatic rings. The summed E-state index contributed by atoms with van der Waals surface area (Å²) in [4.78, 5) is 23.7. The van der Waals surface area contributed by atoms with E-state index in [1.54, 1.807) is 18.2 Å². The molecule has 0 heterocycles. The fourth-order valence-electron chi connectivity index (χ4n) is 2.53. The van der Waals surface area contributed by atoms with Gasteiger partial charge in [0.2, 0.25) is 0 Å². The minimum Gasteiger partial charge on any atom is -0.481 e. The van der Waals surface area contributed by atoms with Crippen LogP contribution in [0.1, 0.15) is 53.4 Å². The summed E-state index contributed by atoms with van der Waals surface area (Å²) in [5, 5.41) is 9.52. The Morgan fingerprint density at radius 3 is 2.32 bits per heavy atom. The van der Waals surface area contributed by atoms with E-state index < -0.39 is 17.8 Å². The van der Waals surface area contributed by atoms with E-state index in [2.05, 4.69) is 0 Å². The van der Waals surface area contributed by atoms with E-state index in [-0.39, 0.29) is 5.78 Å². The third-order valence-electron chi connectivity index (χ3n) is 3.52. The smallest absolute Gasteiger partial charge is 0.307 e. The van der Waals surface area contributed by atoms with Gasteiger partial charge in [0.05, 0.1) is 11.8 Å². The summed E-state index contributed by atoms with van der Waals surface area (Å²) in [7, 11) is 0. The summed E-state index contributed by atoms with van der Waals surface area (Å²) in [6.07, 6.45) is 10.1. The molecule has 3 N–H and O–H groups in total. The lowest BCUT2D eigenvalue weighted by atomic mass is 9.79. The molecule has 22 heavy (non-hydrogen) atoms. The van der Waals surface area contributed by atoms with Crippen LogP contribution in [-0.2, 0) is 9.59 Å². The van der Waals surface area contributed by atoms with Crippen LogP contribution in [-0.4, -0.2) is 16.9 Å². The third kappa shape index (κ3) is 6.74. The molecule has 2 atom stereocenters. The lowest BCUT2D eigenvalue weighted by Gasteiger charge is -2.23. The number of carbonyl (C=O) groups excluding carboxylic acids is 1. The molecule has 0 aromatic rings. The fraction of sp³-hybridized carbons (Fsp3) is 0.556. The zero-order valence-corrected chi connectivity index (χ0v) is 14.1. The lowest BCUT2D eigenvalue weighted by Crippen LogP contribution is -2.30. The van der Waals surface area contributed by atoms with Gasteiger partial charge in [0, 0.05) is 5.70 Å². The molecule has 0 amide bonds. The Morgan fingerprint density at radius 1 is 1.27 bits per heavy atom. The highest BCUT2D eigenvalue weighted by Crippen LogP contribution is 2.28. The zero-order valence-electron chi connectivity index (χ0n) is 14.1. The van der Waals surface area contributed by atoms with E-state index in [1.165, 1.54) is 6.92 Å². The molecule has 0 rings (SSSR count). The van der Waals surface area contributed by atoms with Crippen molar-refractivity contribution in [3.8, 4) is 0 Å². The van der Waals surface area contributed by atoms with Gasteiger partial charge in [-0.3, -0.25) is 9.59 Å². The molecule has 0 fully saturated rings. The second-order valence-corrected chi connectivity index (χ2v) is 5.43. The quantitative estimate of drug-likeness (QED) is 0.601. The van der Waals surface area contributed by atoms with Crippen molar-refractivity contribution in [3.05, 3.63) is 35.6 Å². The Kier molecular flexibility index (Phi) is 9.92. The highest BCUT2D eigenvalue weighted by Gasteiger charge is 2.32. The van der Waals surface area contributed by atoms with Crippen molar-refractivity contribution < 1.29 is 14.7 Å². The highest BCUT2D eigenvalue weighted by molar-refractivity contribution is 5.87. The van der Waals surface area contributed by atoms with Crippen LogP contribution in [0.4, 0.5) is 0 Å². The van der Waals surface area contributed by atoms with Gasteiger partial charge >= 0.3 is 5.97 Å². The molecule has 0 aliphatic heterocycles. The molecule has 0 bridgehead atoms. The van der Waals surface area contributed by atoms with Crippen molar-refractivity contribution in [2.45, 2.75) is 53.4 Å². The second kappa shape index (κ2) is 10.8. The van der Waals surface area contributed by atoms with Crippen molar-refractivity contribution in [1.29, 1.82) is 0 Å². The molecular weight excluding hydrogens is 278 g/mol. The standard InChI is InChI=1S/C18H29NO3/c1-5-8-11-16(18(21)22)17(13(4)20)14(9-6-2)12-15(19)10-7-3/h6,9-10,12,16-17H,5,7-8,11,19H2,1-4H3,(H,21,22)/b9-6-,14-12+,15-10-. The molecule has 0 aromatic carbocycles. The molecule has 0 saturated heterocycles. The van der Waals surface area contributed by atoms with Crippen LogP contribution in [0, 0.1) is 11.8 Å². The Balaban J connectivity index is 5.77. The van der Waals surface area contributed by atoms with Crippen molar-refractivity contribution in [1.82, 2.24) is 0 Å². The summed E-state index contributed by atoms with van der Waals surface area (Å²) in [6.45, 7) is 7.27. The lowest BCUT2D eigenvalue weighted by molar-refractivity contribution is -0.145. The van der Waals surface area contributed by atoms with Gasteiger partial charge in [-0.05, 0) is 38.3 Å². The summed E-state index contributed by atoms with van der Waals surface area (Å²) >= 11 is 0. The summed E-state index contributed by atoms with van der Waals surface area (Å²) in [5.74, 6) is -2.45. The van der Waals surface area contributed by atoms with Crippen LogP contribution in [0.3, 0.4) is 0 Å². The van der Waals surface area contributed by atoms with Gasteiger partial charge in [-0.15, -0.1) is 0 Å². The average molecular weight is 307 g/mol. The number of carboxylic acids is 1. The van der Waals surface area contributed by atoms with Gasteiger partial charge in [0.1, 0.15) is 5.78 Å². The maximum absolute atomic E-state index is 12.1. The maximum atomic E-state index is 12.1. The number of rotatable bonds is 10. The fourth-order valence-corrected chi connectivity index (χ4v) is 2.53. The number of hydrogen-bond acceptors (Lipinski definition) is 3. The first-order chi connectivity index (χ1) is 10.4. The number of ketones is 1. The predicted octanol–water partition coefficient (Wildman–Crippen LogP) is 3.84. The molecule has 4 heteroatoms. The zero-order chi connectivity index (χ0) is 17.1. The minimum atomic E-state index is -0.929. The second-order valence-electron chi connectivity index (χ2n) is 5.43. The molecule has 124 valence electrons. The molecule has 4 nitrogen and oxygen atoms in total. The Morgan fingerprint density at radius 2 is 1.91 bits per heavy atom. The number of allylic oxidation sites excluding steroid dienone is 5. The van der Waals surface area contributed by atoms with E-state index in [9.17, 15) is 14.7 Å². The third-order valence-corrected chi connectivity index (χ3v) is 3.52. The predicted molar refractivity (Wildman–Crippen MR) is 90.3 cm³/mol. The van der Waals surface area contributed by atoms with Crippen LogP contribution >= 0.6 is 0 Å². The number of unbranched alkanes of at least 4 members (excludes halogenated alkanes) is 1. The largest absolute Gasteiger partial charge is 0.481 e. The number of nitrogens with two attached hydrogens (primary N) is 1. The monoisotopic (exact) mass is 307 g/mol. The topological polar surface area (TPSA) is 80.4 Å². The summed E-state index contributed by atoms with van der Waals surface area (Å²) < 4.78 is 0. The van der Waals surface area contributed by atoms with E-state index in [1.807, 2.05) is 26.8 Å². The van der Waals surface area contributed by atoms with E-state index >= 15 is 0 Å². The van der Waals surface area contributed by atoms with E-state index in [0.717, 1.165) is 19.3 Å². The Labute approximate surface area is 133 Å². The van der Waals surface area contributed by atoms with Crippen molar-refractivity contribution >= 4 is 11.8 Å². The van der Waals surface area contributed by atoms with Gasteiger partial charge in [-0.2, -0.15) is 0 Å². The number of carboxylic acid groups (broad SMARTS) is 1. The molecule has 0 aliphatic carbocycles. The van der Waals surface area contributed by atoms with Crippen molar-refractivity contribution in [2.75, 3.05) is 0 Å². The average Bonchev–Trinajstić information content (AvgIpc) is 2.42. The molecule has 0 spiro atoms. The number of Topliss-reactive ketones (excluding diaryl/α,β-unsaturated/α-hetero) is 1. The number of carbonyl (C=O) groups is 2. The van der Waals surface area contributed by atoms with Gasteiger partial charge in [-0.25, -0.2) is 0 Å². The Hall–Kier alpha value is -1.84. The number of hydrogen-bond donors (Lipinski definition) is 2. The first kappa shape index (κ1) is 20.2. The molecule has 2 unspecified atom stereocenters. The van der Waals surface area contributed by atoms with Crippen LogP contribution in [0.15, 0.2) is 35.6 Å². The first-order valence-electron chi connectivity index (χ1n) is 7.92. The maximum Gasteiger partial charge on any atom is 0.307 e. The van der Waals surface area contributed by atoms with Crippen molar-refractivity contribution in [3.63, 3.8) is 0 Å². The van der Waals surface area contributed by atoms with Crippen LogP contribution < -0.4 is 5.73 Å². The van der Waals surface area contributed by atoms with Crippen LogP contribution in [0.2, 0.25) is 0 Å². The SMILES string of the molecule is C\C=C/C(=C\C(N)=C\CC)C(C(C)=O)C(CCCC)C(=O)O. The van der Waals surface area contributed by atoms with Crippen LogP contribution in [0.5, 0.6) is 0 Å². The molecule has 0 aromatic heterocycles. The van der Waals surface area contributed by atoms with Crippen LogP contribution in [0.25, 0.3) is 0 Å². The summed E-state index contributed by atoms with van der Waals surface area (Å²) in [5.41, 5.74) is 7.15. The summed E-state index contributed by atoms with van der Waals surface area (Å²) in [6, 6.07) is 0. The highest BCUT2D eigenvalue weighted by atomic mass is 16.4. The van der Waals surface area contributed by atoms with Gasteiger partial charge < -0.3 is 10.8 Å².